The minimum atomic E-state index is -0.939. The van der Waals surface area contributed by atoms with Crippen LogP contribution in [0.1, 0.15) is 47.6 Å². The Morgan fingerprint density at radius 1 is 1.17 bits per heavy atom. The van der Waals surface area contributed by atoms with E-state index in [0.717, 1.165) is 19.3 Å². The SMILES string of the molecule is CC(O)c1c(-c2ccc(F)cc2)noc1C(=O)N1CCC(Cc2ccccc2)CC1. The van der Waals surface area contributed by atoms with Gasteiger partial charge in [0, 0.05) is 18.7 Å². The van der Waals surface area contributed by atoms with Gasteiger partial charge in [0.05, 0.1) is 11.7 Å². The molecule has 1 aliphatic heterocycles. The van der Waals surface area contributed by atoms with Gasteiger partial charge in [-0.15, -0.1) is 0 Å². The van der Waals surface area contributed by atoms with Gasteiger partial charge in [-0.2, -0.15) is 0 Å². The summed E-state index contributed by atoms with van der Waals surface area (Å²) in [4.78, 5) is 14.9. The van der Waals surface area contributed by atoms with Crippen molar-refractivity contribution in [3.05, 3.63) is 77.3 Å². The second kappa shape index (κ2) is 8.79. The highest BCUT2D eigenvalue weighted by Crippen LogP contribution is 2.32. The molecule has 5 nitrogen and oxygen atoms in total. The van der Waals surface area contributed by atoms with Crippen molar-refractivity contribution in [2.45, 2.75) is 32.3 Å². The molecule has 2 aromatic carbocycles. The van der Waals surface area contributed by atoms with Gasteiger partial charge >= 0.3 is 0 Å². The number of nitrogens with zero attached hydrogens (tertiary/aromatic N) is 2. The van der Waals surface area contributed by atoms with Gasteiger partial charge in [-0.25, -0.2) is 4.39 Å². The Labute approximate surface area is 175 Å². The van der Waals surface area contributed by atoms with E-state index in [-0.39, 0.29) is 17.5 Å². The Hall–Kier alpha value is -2.99. The van der Waals surface area contributed by atoms with Crippen LogP contribution in [-0.2, 0) is 6.42 Å². The van der Waals surface area contributed by atoms with Crippen molar-refractivity contribution in [1.29, 1.82) is 0 Å². The van der Waals surface area contributed by atoms with E-state index in [0.29, 0.717) is 35.8 Å². The molecule has 4 rings (SSSR count). The number of halogens is 1. The second-order valence-electron chi connectivity index (χ2n) is 7.88. The first-order valence-electron chi connectivity index (χ1n) is 10.3. The van der Waals surface area contributed by atoms with Gasteiger partial charge in [0.25, 0.3) is 5.91 Å². The molecule has 0 aliphatic carbocycles. The van der Waals surface area contributed by atoms with Gasteiger partial charge in [0.1, 0.15) is 11.5 Å². The van der Waals surface area contributed by atoms with E-state index in [1.54, 1.807) is 24.0 Å². The highest BCUT2D eigenvalue weighted by Gasteiger charge is 2.31. The number of hydrogen-bond donors (Lipinski definition) is 1. The molecule has 1 saturated heterocycles. The van der Waals surface area contributed by atoms with E-state index in [4.69, 9.17) is 4.52 Å². The summed E-state index contributed by atoms with van der Waals surface area (Å²) in [7, 11) is 0. The zero-order chi connectivity index (χ0) is 21.1. The van der Waals surface area contributed by atoms with Crippen LogP contribution < -0.4 is 0 Å². The third kappa shape index (κ3) is 4.28. The number of aromatic nitrogens is 1. The van der Waals surface area contributed by atoms with E-state index < -0.39 is 6.10 Å². The van der Waals surface area contributed by atoms with Crippen molar-refractivity contribution in [3.63, 3.8) is 0 Å². The van der Waals surface area contributed by atoms with Crippen molar-refractivity contribution in [1.82, 2.24) is 10.1 Å². The van der Waals surface area contributed by atoms with Crippen molar-refractivity contribution < 1.29 is 18.8 Å². The maximum Gasteiger partial charge on any atom is 0.292 e. The molecule has 2 heterocycles. The number of piperidine rings is 1. The first-order chi connectivity index (χ1) is 14.5. The van der Waals surface area contributed by atoms with Crippen LogP contribution in [0.3, 0.4) is 0 Å². The molecule has 1 aromatic heterocycles. The molecule has 0 saturated carbocycles. The Kier molecular flexibility index (Phi) is 5.95. The maximum atomic E-state index is 13.3. The first kappa shape index (κ1) is 20.3. The van der Waals surface area contributed by atoms with E-state index in [1.165, 1.54) is 17.7 Å². The summed E-state index contributed by atoms with van der Waals surface area (Å²) in [6.07, 6.45) is 1.91. The van der Waals surface area contributed by atoms with Crippen LogP contribution in [-0.4, -0.2) is 34.2 Å². The predicted octanol–water partition coefficient (Wildman–Crippen LogP) is 4.63. The predicted molar refractivity (Wildman–Crippen MR) is 111 cm³/mol. The Bertz CT molecular complexity index is 991. The van der Waals surface area contributed by atoms with Crippen LogP contribution in [0.5, 0.6) is 0 Å². The summed E-state index contributed by atoms with van der Waals surface area (Å²) in [5.41, 5.74) is 2.62. The van der Waals surface area contributed by atoms with Crippen molar-refractivity contribution >= 4 is 5.91 Å². The molecule has 0 bridgehead atoms. The Morgan fingerprint density at radius 2 is 1.83 bits per heavy atom. The molecule has 1 fully saturated rings. The monoisotopic (exact) mass is 408 g/mol. The number of aliphatic hydroxyl groups is 1. The van der Waals surface area contributed by atoms with Gasteiger partial charge in [0.15, 0.2) is 0 Å². The number of aliphatic hydroxyl groups excluding tert-OH is 1. The molecule has 1 N–H and O–H groups in total. The molecule has 1 amide bonds. The lowest BCUT2D eigenvalue weighted by Crippen LogP contribution is -2.39. The average molecular weight is 408 g/mol. The standard InChI is InChI=1S/C24H25FN2O3/c1-16(28)21-22(19-7-9-20(25)10-8-19)26-30-23(21)24(29)27-13-11-18(12-14-27)15-17-5-3-2-4-6-17/h2-10,16,18,28H,11-15H2,1H3. The highest BCUT2D eigenvalue weighted by molar-refractivity contribution is 5.94. The number of rotatable bonds is 5. The molecule has 0 radical (unpaired) electrons. The van der Waals surface area contributed by atoms with Gasteiger partial charge in [0.2, 0.25) is 5.76 Å². The molecule has 1 aliphatic rings. The van der Waals surface area contributed by atoms with Crippen LogP contribution in [0.25, 0.3) is 11.3 Å². The van der Waals surface area contributed by atoms with Crippen LogP contribution in [0, 0.1) is 11.7 Å². The van der Waals surface area contributed by atoms with E-state index in [2.05, 4.69) is 17.3 Å². The van der Waals surface area contributed by atoms with Crippen LogP contribution >= 0.6 is 0 Å². The minimum absolute atomic E-state index is 0.0610. The molecule has 156 valence electrons. The highest BCUT2D eigenvalue weighted by atomic mass is 19.1. The normalized spacial score (nSPS) is 15.9. The summed E-state index contributed by atoms with van der Waals surface area (Å²) in [6.45, 7) is 2.85. The quantitative estimate of drug-likeness (QED) is 0.669. The van der Waals surface area contributed by atoms with Crippen molar-refractivity contribution in [2.75, 3.05) is 13.1 Å². The molecule has 0 spiro atoms. The lowest BCUT2D eigenvalue weighted by Gasteiger charge is -2.31. The summed E-state index contributed by atoms with van der Waals surface area (Å²) in [5.74, 6) is -0.0246. The molecule has 3 aromatic rings. The molecule has 1 unspecified atom stereocenters. The largest absolute Gasteiger partial charge is 0.388 e. The Balaban J connectivity index is 1.48. The maximum absolute atomic E-state index is 13.3. The van der Waals surface area contributed by atoms with Gasteiger partial charge in [-0.05, 0) is 61.9 Å². The van der Waals surface area contributed by atoms with Crippen LogP contribution in [0.2, 0.25) is 0 Å². The summed E-state index contributed by atoms with van der Waals surface area (Å²) in [6, 6.07) is 16.1. The fraction of sp³-hybridized carbons (Fsp3) is 0.333. The molecular weight excluding hydrogens is 383 g/mol. The average Bonchev–Trinajstić information content (AvgIpc) is 3.20. The lowest BCUT2D eigenvalue weighted by atomic mass is 9.90. The zero-order valence-electron chi connectivity index (χ0n) is 16.9. The lowest BCUT2D eigenvalue weighted by molar-refractivity contribution is 0.0640. The number of carbonyl (C=O) groups is 1. The van der Waals surface area contributed by atoms with Gasteiger partial charge in [-0.1, -0.05) is 35.5 Å². The van der Waals surface area contributed by atoms with Crippen molar-refractivity contribution in [2.24, 2.45) is 5.92 Å². The fourth-order valence-electron chi connectivity index (χ4n) is 4.09. The summed E-state index contributed by atoms with van der Waals surface area (Å²) in [5, 5.41) is 14.3. The Morgan fingerprint density at radius 3 is 2.47 bits per heavy atom. The third-order valence-corrected chi connectivity index (χ3v) is 5.73. The number of amides is 1. The zero-order valence-corrected chi connectivity index (χ0v) is 16.9. The van der Waals surface area contributed by atoms with Gasteiger partial charge < -0.3 is 14.5 Å². The summed E-state index contributed by atoms with van der Waals surface area (Å²) < 4.78 is 18.6. The van der Waals surface area contributed by atoms with E-state index in [1.807, 2.05) is 18.2 Å². The third-order valence-electron chi connectivity index (χ3n) is 5.73. The molecule has 1 atom stereocenters. The number of benzene rings is 2. The minimum Gasteiger partial charge on any atom is -0.388 e. The van der Waals surface area contributed by atoms with Crippen LogP contribution in [0.4, 0.5) is 4.39 Å². The number of hydrogen-bond acceptors (Lipinski definition) is 4. The number of likely N-dealkylation sites (tertiary alicyclic amines) is 1. The fourth-order valence-corrected chi connectivity index (χ4v) is 4.09. The first-order valence-corrected chi connectivity index (χ1v) is 10.3. The smallest absolute Gasteiger partial charge is 0.292 e. The van der Waals surface area contributed by atoms with Gasteiger partial charge in [-0.3, -0.25) is 4.79 Å². The summed E-state index contributed by atoms with van der Waals surface area (Å²) >= 11 is 0. The molecule has 6 heteroatoms. The topological polar surface area (TPSA) is 66.6 Å². The van der Waals surface area contributed by atoms with Crippen LogP contribution in [0.15, 0.2) is 59.1 Å². The van der Waals surface area contributed by atoms with Crippen molar-refractivity contribution in [3.8, 4) is 11.3 Å². The van der Waals surface area contributed by atoms with E-state index >= 15 is 0 Å². The molecule has 30 heavy (non-hydrogen) atoms. The number of carbonyl (C=O) groups excluding carboxylic acids is 1. The van der Waals surface area contributed by atoms with E-state index in [9.17, 15) is 14.3 Å². The second-order valence-corrected chi connectivity index (χ2v) is 7.88. The molecular formula is C24H25FN2O3.